The lowest BCUT2D eigenvalue weighted by molar-refractivity contribution is 0.350. The number of hydrogen-bond acceptors (Lipinski definition) is 3. The average molecular weight is 300 g/mol. The highest BCUT2D eigenvalue weighted by molar-refractivity contribution is 7.98. The van der Waals surface area contributed by atoms with Gasteiger partial charge in [0.1, 0.15) is 6.61 Å². The van der Waals surface area contributed by atoms with Crippen LogP contribution in [0.15, 0.2) is 35.2 Å². The lowest BCUT2D eigenvalue weighted by Crippen LogP contribution is -1.83. The van der Waals surface area contributed by atoms with E-state index in [0.29, 0.717) is 0 Å². The molecular weight excluding hydrogens is 284 g/mol. The second-order valence-corrected chi connectivity index (χ2v) is 7.02. The molecule has 0 atom stereocenters. The zero-order valence-corrected chi connectivity index (χ0v) is 12.8. The first-order valence-electron chi connectivity index (χ1n) is 6.78. The van der Waals surface area contributed by atoms with Crippen molar-refractivity contribution in [3.8, 4) is 11.8 Å². The number of aliphatic hydroxyl groups excluding tert-OH is 1. The molecule has 1 heterocycles. The largest absolute Gasteiger partial charge is 0.384 e. The third-order valence-electron chi connectivity index (χ3n) is 3.40. The Bertz CT molecular complexity index is 661. The summed E-state index contributed by atoms with van der Waals surface area (Å²) in [5, 5.41) is 8.69. The first kappa shape index (κ1) is 13.8. The highest BCUT2D eigenvalue weighted by Gasteiger charge is 2.11. The van der Waals surface area contributed by atoms with Crippen molar-refractivity contribution in [2.75, 3.05) is 6.61 Å². The number of benzene rings is 1. The van der Waals surface area contributed by atoms with Gasteiger partial charge < -0.3 is 5.11 Å². The molecule has 0 aliphatic heterocycles. The zero-order valence-electron chi connectivity index (χ0n) is 11.2. The molecule has 0 amide bonds. The lowest BCUT2D eigenvalue weighted by Gasteiger charge is -2.03. The lowest BCUT2D eigenvalue weighted by atomic mass is 10.1. The van der Waals surface area contributed by atoms with E-state index in [9.17, 15) is 0 Å². The third-order valence-corrected chi connectivity index (χ3v) is 5.63. The molecule has 1 aliphatic carbocycles. The van der Waals surface area contributed by atoms with E-state index in [4.69, 9.17) is 5.11 Å². The molecule has 1 nitrogen and oxygen atoms in total. The van der Waals surface area contributed by atoms with Gasteiger partial charge in [-0.2, -0.15) is 0 Å². The molecule has 0 unspecified atom stereocenters. The van der Waals surface area contributed by atoms with Gasteiger partial charge in [-0.05, 0) is 54.7 Å². The molecule has 2 aromatic rings. The fourth-order valence-electron chi connectivity index (χ4n) is 2.44. The van der Waals surface area contributed by atoms with Gasteiger partial charge in [-0.25, -0.2) is 0 Å². The summed E-state index contributed by atoms with van der Waals surface area (Å²) in [6.45, 7) is -0.0723. The Hall–Kier alpha value is -1.21. The van der Waals surface area contributed by atoms with Gasteiger partial charge in [-0.3, -0.25) is 0 Å². The Labute approximate surface area is 128 Å². The van der Waals surface area contributed by atoms with Crippen molar-refractivity contribution in [2.45, 2.75) is 29.9 Å². The smallest absolute Gasteiger partial charge is 0.104 e. The Morgan fingerprint density at radius 3 is 2.95 bits per heavy atom. The molecule has 0 saturated heterocycles. The Balaban J connectivity index is 1.63. The average Bonchev–Trinajstić information content (AvgIpc) is 3.11. The predicted octanol–water partition coefficient (Wildman–Crippen LogP) is 3.87. The van der Waals surface area contributed by atoms with Crippen molar-refractivity contribution < 1.29 is 5.11 Å². The second kappa shape index (κ2) is 6.49. The van der Waals surface area contributed by atoms with Gasteiger partial charge in [0.15, 0.2) is 0 Å². The molecular formula is C17H16OS2. The topological polar surface area (TPSA) is 20.2 Å². The van der Waals surface area contributed by atoms with Gasteiger partial charge in [0.2, 0.25) is 0 Å². The quantitative estimate of drug-likeness (QED) is 0.686. The molecule has 102 valence electrons. The maximum Gasteiger partial charge on any atom is 0.104 e. The van der Waals surface area contributed by atoms with Gasteiger partial charge >= 0.3 is 0 Å². The molecule has 1 aromatic carbocycles. The van der Waals surface area contributed by atoms with Gasteiger partial charge in [0, 0.05) is 15.5 Å². The minimum atomic E-state index is -0.0723. The van der Waals surface area contributed by atoms with Crippen molar-refractivity contribution >= 4 is 23.1 Å². The van der Waals surface area contributed by atoms with Gasteiger partial charge in [0.25, 0.3) is 0 Å². The highest BCUT2D eigenvalue weighted by atomic mass is 32.2. The maximum atomic E-state index is 8.69. The summed E-state index contributed by atoms with van der Waals surface area (Å²) < 4.78 is 0. The molecule has 0 fully saturated rings. The van der Waals surface area contributed by atoms with Crippen LogP contribution in [-0.4, -0.2) is 11.7 Å². The molecule has 1 aromatic heterocycles. The van der Waals surface area contributed by atoms with Crippen LogP contribution in [0.1, 0.15) is 27.3 Å². The van der Waals surface area contributed by atoms with E-state index in [1.165, 1.54) is 40.2 Å². The van der Waals surface area contributed by atoms with E-state index < -0.39 is 0 Å². The Kier molecular flexibility index (Phi) is 4.47. The van der Waals surface area contributed by atoms with Crippen LogP contribution in [0.25, 0.3) is 0 Å². The van der Waals surface area contributed by atoms with Crippen LogP contribution in [-0.2, 0) is 18.6 Å². The summed E-state index contributed by atoms with van der Waals surface area (Å²) in [7, 11) is 0. The molecule has 1 N–H and O–H groups in total. The summed E-state index contributed by atoms with van der Waals surface area (Å²) in [5.74, 6) is 6.64. The van der Waals surface area contributed by atoms with Crippen molar-refractivity contribution in [3.63, 3.8) is 0 Å². The number of aliphatic hydroxyl groups is 1. The number of rotatable bonds is 3. The van der Waals surface area contributed by atoms with Crippen molar-refractivity contribution in [1.29, 1.82) is 0 Å². The first-order chi connectivity index (χ1) is 9.85. The maximum absolute atomic E-state index is 8.69. The number of fused-ring (bicyclic) bond motifs is 1. The third kappa shape index (κ3) is 3.27. The zero-order chi connectivity index (χ0) is 13.8. The van der Waals surface area contributed by atoms with Gasteiger partial charge in [-0.1, -0.05) is 17.9 Å². The fourth-order valence-corrected chi connectivity index (χ4v) is 4.33. The minimum absolute atomic E-state index is 0.0723. The molecule has 0 bridgehead atoms. The van der Waals surface area contributed by atoms with Crippen molar-refractivity contribution in [3.05, 3.63) is 51.2 Å². The summed E-state index contributed by atoms with van der Waals surface area (Å²) in [5.41, 5.74) is 3.07. The minimum Gasteiger partial charge on any atom is -0.384 e. The Morgan fingerprint density at radius 2 is 2.05 bits per heavy atom. The molecule has 3 rings (SSSR count). The van der Waals surface area contributed by atoms with Crippen LogP contribution < -0.4 is 0 Å². The monoisotopic (exact) mass is 300 g/mol. The van der Waals surface area contributed by atoms with Crippen molar-refractivity contribution in [2.24, 2.45) is 0 Å². The number of thiophene rings is 1. The summed E-state index contributed by atoms with van der Waals surface area (Å²) in [4.78, 5) is 3.73. The van der Waals surface area contributed by atoms with Gasteiger partial charge in [-0.15, -0.1) is 23.1 Å². The number of hydrogen-bond donors (Lipinski definition) is 1. The van der Waals surface area contributed by atoms with Gasteiger partial charge in [0.05, 0.1) is 4.88 Å². The van der Waals surface area contributed by atoms with Crippen LogP contribution in [0.4, 0.5) is 0 Å². The molecule has 0 saturated carbocycles. The SMILES string of the molecule is OCC#Cc1ccc(CSc2ccc3c(c2)CCC3)s1. The molecule has 0 radical (unpaired) electrons. The normalized spacial score (nSPS) is 12.8. The molecule has 0 spiro atoms. The molecule has 3 heteroatoms. The van der Waals surface area contributed by atoms with Crippen LogP contribution >= 0.6 is 23.1 Å². The van der Waals surface area contributed by atoms with Crippen LogP contribution in [0.2, 0.25) is 0 Å². The van der Waals surface area contributed by atoms with E-state index in [-0.39, 0.29) is 6.61 Å². The summed E-state index contributed by atoms with van der Waals surface area (Å²) in [6, 6.07) is 11.1. The second-order valence-electron chi connectivity index (χ2n) is 4.80. The van der Waals surface area contributed by atoms with Crippen molar-refractivity contribution in [1.82, 2.24) is 0 Å². The molecule has 20 heavy (non-hydrogen) atoms. The Morgan fingerprint density at radius 1 is 1.15 bits per heavy atom. The number of thioether (sulfide) groups is 1. The van der Waals surface area contributed by atoms with E-state index >= 15 is 0 Å². The predicted molar refractivity (Wildman–Crippen MR) is 86.3 cm³/mol. The fraction of sp³-hybridized carbons (Fsp3) is 0.294. The standard InChI is InChI=1S/C17H16OS2/c18-10-2-5-15-8-9-17(20-15)12-19-16-7-6-13-3-1-4-14(13)11-16/h6-9,11,18H,1,3-4,10,12H2. The van der Waals surface area contributed by atoms with Crippen LogP contribution in [0, 0.1) is 11.8 Å². The number of aryl methyl sites for hydroxylation is 2. The van der Waals surface area contributed by atoms with E-state index in [1.807, 2.05) is 17.8 Å². The molecule has 1 aliphatic rings. The van der Waals surface area contributed by atoms with E-state index in [2.05, 4.69) is 36.1 Å². The first-order valence-corrected chi connectivity index (χ1v) is 8.58. The highest BCUT2D eigenvalue weighted by Crippen LogP contribution is 2.30. The van der Waals surface area contributed by atoms with E-state index in [0.717, 1.165) is 10.6 Å². The van der Waals surface area contributed by atoms with Crippen LogP contribution in [0.3, 0.4) is 0 Å². The van der Waals surface area contributed by atoms with Crippen LogP contribution in [0.5, 0.6) is 0 Å². The summed E-state index contributed by atoms with van der Waals surface area (Å²) >= 11 is 3.60. The summed E-state index contributed by atoms with van der Waals surface area (Å²) in [6.07, 6.45) is 3.79. The van der Waals surface area contributed by atoms with E-state index in [1.54, 1.807) is 11.3 Å².